The highest BCUT2D eigenvalue weighted by atomic mass is 35.5. The van der Waals surface area contributed by atoms with Crippen molar-refractivity contribution in [3.05, 3.63) is 67.3 Å². The van der Waals surface area contributed by atoms with E-state index in [0.29, 0.717) is 18.3 Å². The Morgan fingerprint density at radius 3 is 2.81 bits per heavy atom. The van der Waals surface area contributed by atoms with Crippen molar-refractivity contribution in [1.82, 2.24) is 19.7 Å². The first kappa shape index (κ1) is 20.6. The Kier molecular flexibility index (Phi) is 6.59. The summed E-state index contributed by atoms with van der Waals surface area (Å²) in [6, 6.07) is 15.0. The van der Waals surface area contributed by atoms with Crippen LogP contribution in [0, 0.1) is 0 Å². The molecule has 0 aliphatic carbocycles. The monoisotopic (exact) mass is 436 g/mol. The third-order valence-corrected chi connectivity index (χ3v) is 4.68. The van der Waals surface area contributed by atoms with Crippen LogP contribution in [0.25, 0.3) is 10.9 Å². The normalized spacial score (nSPS) is 10.7. The zero-order valence-electron chi connectivity index (χ0n) is 16.7. The second-order valence-corrected chi connectivity index (χ2v) is 7.14. The van der Waals surface area contributed by atoms with E-state index in [1.54, 1.807) is 17.1 Å². The molecule has 2 aromatic heterocycles. The Morgan fingerprint density at radius 2 is 1.97 bits per heavy atom. The summed E-state index contributed by atoms with van der Waals surface area (Å²) in [5.41, 5.74) is 2.22. The lowest BCUT2D eigenvalue weighted by Crippen LogP contribution is -2.18. The van der Waals surface area contributed by atoms with Crippen LogP contribution in [0.15, 0.2) is 67.3 Å². The summed E-state index contributed by atoms with van der Waals surface area (Å²) in [7, 11) is 0. The van der Waals surface area contributed by atoms with Gasteiger partial charge >= 0.3 is 0 Å². The molecule has 0 saturated heterocycles. The molecule has 4 aromatic rings. The van der Waals surface area contributed by atoms with E-state index in [2.05, 4.69) is 25.7 Å². The van der Waals surface area contributed by atoms with Crippen molar-refractivity contribution in [2.75, 3.05) is 23.1 Å². The Morgan fingerprint density at radius 1 is 1.10 bits per heavy atom. The van der Waals surface area contributed by atoms with Crippen molar-refractivity contribution < 1.29 is 9.53 Å². The van der Waals surface area contributed by atoms with Crippen molar-refractivity contribution in [2.45, 2.75) is 13.0 Å². The first-order chi connectivity index (χ1) is 15.2. The van der Waals surface area contributed by atoms with Gasteiger partial charge in [0.15, 0.2) is 0 Å². The van der Waals surface area contributed by atoms with Gasteiger partial charge in [0.1, 0.15) is 24.4 Å². The van der Waals surface area contributed by atoms with Crippen molar-refractivity contribution in [2.24, 2.45) is 0 Å². The first-order valence-electron chi connectivity index (χ1n) is 9.79. The third kappa shape index (κ3) is 5.49. The van der Waals surface area contributed by atoms with Gasteiger partial charge in [0.05, 0.1) is 24.0 Å². The van der Waals surface area contributed by atoms with Gasteiger partial charge in [-0.25, -0.2) is 9.97 Å². The molecule has 0 aliphatic heterocycles. The fourth-order valence-electron chi connectivity index (χ4n) is 2.99. The summed E-state index contributed by atoms with van der Waals surface area (Å²) >= 11 is 5.69. The summed E-state index contributed by atoms with van der Waals surface area (Å²) in [5, 5.41) is 11.2. The zero-order valence-corrected chi connectivity index (χ0v) is 17.4. The molecule has 0 radical (unpaired) electrons. The molecule has 2 N–H and O–H groups in total. The summed E-state index contributed by atoms with van der Waals surface area (Å²) in [4.78, 5) is 20.9. The fraction of sp³-hybridized carbons (Fsp3) is 0.182. The number of nitrogens with one attached hydrogen (secondary N) is 2. The van der Waals surface area contributed by atoms with Gasteiger partial charge in [-0.05, 0) is 30.7 Å². The Balaban J connectivity index is 1.42. The lowest BCUT2D eigenvalue weighted by Gasteiger charge is -2.09. The smallest absolute Gasteiger partial charge is 0.246 e. The number of rotatable bonds is 9. The van der Waals surface area contributed by atoms with E-state index in [-0.39, 0.29) is 12.5 Å². The number of hydrogen-bond acceptors (Lipinski definition) is 6. The highest BCUT2D eigenvalue weighted by Gasteiger charge is 2.09. The lowest BCUT2D eigenvalue weighted by atomic mass is 10.2. The standard InChI is InChI=1S/C22H21ClN6O2/c23-9-4-10-31-18-7-8-19-20(11-18)24-15-25-22(19)28-17-12-26-29(13-17)14-21(30)27-16-5-2-1-3-6-16/h1-3,5-8,11-13,15H,4,9-10,14H2,(H,27,30)(H,24,25,28). The number of para-hydroxylation sites is 1. The minimum Gasteiger partial charge on any atom is -0.493 e. The number of nitrogens with zero attached hydrogens (tertiary/aromatic N) is 4. The number of ether oxygens (including phenoxy) is 1. The highest BCUT2D eigenvalue weighted by Crippen LogP contribution is 2.26. The van der Waals surface area contributed by atoms with Gasteiger partial charge in [0.25, 0.3) is 0 Å². The second kappa shape index (κ2) is 9.90. The minimum absolute atomic E-state index is 0.101. The third-order valence-electron chi connectivity index (χ3n) is 4.41. The van der Waals surface area contributed by atoms with Gasteiger partial charge < -0.3 is 15.4 Å². The molecule has 0 spiro atoms. The van der Waals surface area contributed by atoms with Crippen molar-refractivity contribution in [3.8, 4) is 5.75 Å². The van der Waals surface area contributed by atoms with Gasteiger partial charge in [-0.2, -0.15) is 5.10 Å². The molecule has 0 atom stereocenters. The van der Waals surface area contributed by atoms with E-state index in [1.807, 2.05) is 48.5 Å². The number of fused-ring (bicyclic) bond motifs is 1. The van der Waals surface area contributed by atoms with Crippen molar-refractivity contribution >= 4 is 45.6 Å². The average Bonchev–Trinajstić information content (AvgIpc) is 3.21. The van der Waals surface area contributed by atoms with E-state index in [4.69, 9.17) is 16.3 Å². The molecular formula is C22H21ClN6O2. The number of amides is 1. The molecule has 0 saturated carbocycles. The molecule has 2 aromatic carbocycles. The van der Waals surface area contributed by atoms with E-state index in [0.717, 1.165) is 34.4 Å². The predicted molar refractivity (Wildman–Crippen MR) is 121 cm³/mol. The molecule has 158 valence electrons. The lowest BCUT2D eigenvalue weighted by molar-refractivity contribution is -0.116. The van der Waals surface area contributed by atoms with Crippen LogP contribution in [0.5, 0.6) is 5.75 Å². The Bertz CT molecular complexity index is 1170. The first-order valence-corrected chi connectivity index (χ1v) is 10.3. The summed E-state index contributed by atoms with van der Waals surface area (Å²) in [6.07, 6.45) is 5.67. The van der Waals surface area contributed by atoms with Crippen molar-refractivity contribution in [3.63, 3.8) is 0 Å². The van der Waals surface area contributed by atoms with Crippen LogP contribution in [0.2, 0.25) is 0 Å². The Labute approximate surface area is 184 Å². The molecule has 9 heteroatoms. The topological polar surface area (TPSA) is 94.0 Å². The molecule has 31 heavy (non-hydrogen) atoms. The SMILES string of the molecule is O=C(Cn1cc(Nc2ncnc3cc(OCCCCl)ccc23)cn1)Nc1ccccc1. The van der Waals surface area contributed by atoms with Gasteiger partial charge in [-0.1, -0.05) is 18.2 Å². The average molecular weight is 437 g/mol. The zero-order chi connectivity index (χ0) is 21.5. The van der Waals surface area contributed by atoms with Crippen LogP contribution in [-0.4, -0.2) is 38.1 Å². The number of hydrogen-bond donors (Lipinski definition) is 2. The summed E-state index contributed by atoms with van der Waals surface area (Å²) < 4.78 is 7.24. The number of aromatic nitrogens is 4. The molecular weight excluding hydrogens is 416 g/mol. The number of carbonyl (C=O) groups excluding carboxylic acids is 1. The molecule has 1 amide bonds. The fourth-order valence-corrected chi connectivity index (χ4v) is 3.10. The second-order valence-electron chi connectivity index (χ2n) is 6.76. The Hall–Kier alpha value is -3.65. The van der Waals surface area contributed by atoms with Crippen LogP contribution in [0.4, 0.5) is 17.2 Å². The van der Waals surface area contributed by atoms with Gasteiger partial charge in [0, 0.05) is 29.2 Å². The maximum Gasteiger partial charge on any atom is 0.246 e. The maximum absolute atomic E-state index is 12.2. The van der Waals surface area contributed by atoms with Crippen LogP contribution < -0.4 is 15.4 Å². The van der Waals surface area contributed by atoms with Gasteiger partial charge in [-0.15, -0.1) is 11.6 Å². The van der Waals surface area contributed by atoms with Crippen LogP contribution in [0.3, 0.4) is 0 Å². The quantitative estimate of drug-likeness (QED) is 0.301. The van der Waals surface area contributed by atoms with E-state index < -0.39 is 0 Å². The number of alkyl halides is 1. The maximum atomic E-state index is 12.2. The summed E-state index contributed by atoms with van der Waals surface area (Å²) in [5.74, 6) is 1.78. The minimum atomic E-state index is -0.157. The number of carbonyl (C=O) groups is 1. The van der Waals surface area contributed by atoms with Crippen LogP contribution >= 0.6 is 11.6 Å². The molecule has 0 bridgehead atoms. The van der Waals surface area contributed by atoms with E-state index in [1.165, 1.54) is 6.33 Å². The molecule has 0 fully saturated rings. The van der Waals surface area contributed by atoms with Crippen LogP contribution in [-0.2, 0) is 11.3 Å². The number of anilines is 3. The van der Waals surface area contributed by atoms with Gasteiger partial charge in [-0.3, -0.25) is 9.48 Å². The number of benzene rings is 2. The highest BCUT2D eigenvalue weighted by molar-refractivity contribution is 6.17. The summed E-state index contributed by atoms with van der Waals surface area (Å²) in [6.45, 7) is 0.659. The van der Waals surface area contributed by atoms with E-state index in [9.17, 15) is 4.79 Å². The predicted octanol–water partition coefficient (Wildman–Crippen LogP) is 4.22. The van der Waals surface area contributed by atoms with E-state index >= 15 is 0 Å². The van der Waals surface area contributed by atoms with Crippen molar-refractivity contribution in [1.29, 1.82) is 0 Å². The molecule has 0 aliphatic rings. The number of halogens is 1. The molecule has 0 unspecified atom stereocenters. The van der Waals surface area contributed by atoms with Gasteiger partial charge in [0.2, 0.25) is 5.91 Å². The van der Waals surface area contributed by atoms with Crippen LogP contribution in [0.1, 0.15) is 6.42 Å². The molecule has 2 heterocycles. The molecule has 4 rings (SSSR count). The largest absolute Gasteiger partial charge is 0.493 e. The molecule has 8 nitrogen and oxygen atoms in total.